The second-order valence-electron chi connectivity index (χ2n) is 4.26. The van der Waals surface area contributed by atoms with Gasteiger partial charge in [0.25, 0.3) is 0 Å². The molecule has 1 nitrogen and oxygen atoms in total. The molecule has 0 heterocycles. The van der Waals surface area contributed by atoms with E-state index in [2.05, 4.69) is 44.2 Å². The lowest BCUT2D eigenvalue weighted by atomic mass is 10.1. The fraction of sp³-hybridized carbons (Fsp3) is 0.250. The summed E-state index contributed by atoms with van der Waals surface area (Å²) >= 11 is 0. The Hall–Kier alpha value is -1.60. The molecule has 0 saturated carbocycles. The van der Waals surface area contributed by atoms with Gasteiger partial charge in [-0.15, -0.1) is 0 Å². The Morgan fingerprint density at radius 3 is 2.53 bits per heavy atom. The molecular formula is C16H17O. The van der Waals surface area contributed by atoms with Crippen LogP contribution in [0.25, 0.3) is 0 Å². The van der Waals surface area contributed by atoms with Crippen molar-refractivity contribution in [3.63, 3.8) is 0 Å². The Labute approximate surface area is 103 Å². The van der Waals surface area contributed by atoms with E-state index in [0.717, 1.165) is 5.56 Å². The van der Waals surface area contributed by atoms with Crippen molar-refractivity contribution in [2.75, 3.05) is 0 Å². The summed E-state index contributed by atoms with van der Waals surface area (Å²) in [6.07, 6.45) is 0.0795. The van der Waals surface area contributed by atoms with Gasteiger partial charge in [-0.05, 0) is 31.0 Å². The number of hydrogen-bond donors (Lipinski definition) is 0. The van der Waals surface area contributed by atoms with Gasteiger partial charge in [-0.1, -0.05) is 54.1 Å². The molecule has 0 N–H and O–H groups in total. The van der Waals surface area contributed by atoms with Crippen LogP contribution in [0.5, 0.6) is 0 Å². The topological polar surface area (TPSA) is 9.23 Å². The van der Waals surface area contributed by atoms with Gasteiger partial charge in [-0.2, -0.15) is 0 Å². The van der Waals surface area contributed by atoms with Crippen LogP contribution in [-0.4, -0.2) is 0 Å². The Kier molecular flexibility index (Phi) is 3.94. The first kappa shape index (κ1) is 11.9. The van der Waals surface area contributed by atoms with Gasteiger partial charge in [0.2, 0.25) is 0 Å². The third-order valence-electron chi connectivity index (χ3n) is 2.77. The van der Waals surface area contributed by atoms with Crippen LogP contribution in [0.2, 0.25) is 0 Å². The van der Waals surface area contributed by atoms with E-state index < -0.39 is 0 Å². The summed E-state index contributed by atoms with van der Waals surface area (Å²) in [7, 11) is 0. The molecule has 0 aromatic heterocycles. The third-order valence-corrected chi connectivity index (χ3v) is 2.77. The van der Waals surface area contributed by atoms with Gasteiger partial charge in [-0.3, -0.25) is 0 Å². The van der Waals surface area contributed by atoms with E-state index in [1.54, 1.807) is 0 Å². The van der Waals surface area contributed by atoms with Gasteiger partial charge in [0, 0.05) is 0 Å². The molecule has 2 aromatic rings. The van der Waals surface area contributed by atoms with Crippen molar-refractivity contribution in [1.82, 2.24) is 0 Å². The molecule has 0 unspecified atom stereocenters. The molecule has 0 amide bonds. The molecule has 0 saturated heterocycles. The van der Waals surface area contributed by atoms with Gasteiger partial charge < -0.3 is 4.74 Å². The van der Waals surface area contributed by atoms with Crippen molar-refractivity contribution in [1.29, 1.82) is 0 Å². The molecule has 0 spiro atoms. The molecule has 2 rings (SSSR count). The van der Waals surface area contributed by atoms with E-state index in [0.29, 0.717) is 6.61 Å². The minimum absolute atomic E-state index is 0.0795. The lowest BCUT2D eigenvalue weighted by Crippen LogP contribution is -2.00. The summed E-state index contributed by atoms with van der Waals surface area (Å²) in [6.45, 7) is 4.77. The highest BCUT2D eigenvalue weighted by Crippen LogP contribution is 2.18. The van der Waals surface area contributed by atoms with Gasteiger partial charge in [0.05, 0.1) is 12.7 Å². The van der Waals surface area contributed by atoms with Gasteiger partial charge in [-0.25, -0.2) is 0 Å². The Bertz CT molecular complexity index is 445. The highest BCUT2D eigenvalue weighted by molar-refractivity contribution is 5.21. The van der Waals surface area contributed by atoms with Gasteiger partial charge in [0.15, 0.2) is 0 Å². The first-order valence-corrected chi connectivity index (χ1v) is 5.89. The van der Waals surface area contributed by atoms with Crippen LogP contribution in [0, 0.1) is 13.0 Å². The van der Waals surface area contributed by atoms with Crippen LogP contribution < -0.4 is 0 Å². The molecule has 0 aliphatic carbocycles. The Balaban J connectivity index is 1.93. The maximum absolute atomic E-state index is 5.82. The quantitative estimate of drug-likeness (QED) is 0.762. The van der Waals surface area contributed by atoms with Crippen molar-refractivity contribution in [3.8, 4) is 0 Å². The molecule has 0 aliphatic rings. The van der Waals surface area contributed by atoms with E-state index in [1.165, 1.54) is 11.1 Å². The fourth-order valence-electron chi connectivity index (χ4n) is 1.65. The zero-order valence-corrected chi connectivity index (χ0v) is 10.3. The van der Waals surface area contributed by atoms with Crippen molar-refractivity contribution in [2.45, 2.75) is 26.6 Å². The second kappa shape index (κ2) is 5.65. The van der Waals surface area contributed by atoms with Crippen LogP contribution in [-0.2, 0) is 11.3 Å². The number of hydrogen-bond acceptors (Lipinski definition) is 1. The molecule has 87 valence electrons. The summed E-state index contributed by atoms with van der Waals surface area (Å²) in [5.41, 5.74) is 3.53. The monoisotopic (exact) mass is 225 g/mol. The maximum Gasteiger partial charge on any atom is 0.0807 e. The van der Waals surface area contributed by atoms with E-state index in [1.807, 2.05) is 24.3 Å². The van der Waals surface area contributed by atoms with E-state index in [9.17, 15) is 0 Å². The van der Waals surface area contributed by atoms with E-state index in [-0.39, 0.29) is 6.10 Å². The van der Waals surface area contributed by atoms with Crippen LogP contribution in [0.1, 0.15) is 29.7 Å². The molecule has 1 atom stereocenters. The number of rotatable bonds is 4. The lowest BCUT2D eigenvalue weighted by Gasteiger charge is -2.13. The largest absolute Gasteiger partial charge is 0.369 e. The van der Waals surface area contributed by atoms with Crippen molar-refractivity contribution >= 4 is 0 Å². The molecule has 0 aliphatic heterocycles. The summed E-state index contributed by atoms with van der Waals surface area (Å²) in [5.74, 6) is 0. The summed E-state index contributed by atoms with van der Waals surface area (Å²) in [6, 6.07) is 19.6. The average molecular weight is 225 g/mol. The summed E-state index contributed by atoms with van der Waals surface area (Å²) in [4.78, 5) is 0. The Morgan fingerprint density at radius 2 is 1.88 bits per heavy atom. The molecular weight excluding hydrogens is 208 g/mol. The average Bonchev–Trinajstić information content (AvgIpc) is 2.38. The number of benzene rings is 2. The smallest absolute Gasteiger partial charge is 0.0807 e. The van der Waals surface area contributed by atoms with Crippen LogP contribution in [0.3, 0.4) is 0 Å². The first-order valence-electron chi connectivity index (χ1n) is 5.89. The number of ether oxygens (including phenoxy) is 1. The normalized spacial score (nSPS) is 12.4. The summed E-state index contributed by atoms with van der Waals surface area (Å²) in [5, 5.41) is 0. The molecule has 0 bridgehead atoms. The zero-order valence-electron chi connectivity index (χ0n) is 10.3. The van der Waals surface area contributed by atoms with Gasteiger partial charge >= 0.3 is 0 Å². The highest BCUT2D eigenvalue weighted by Gasteiger charge is 2.05. The molecule has 17 heavy (non-hydrogen) atoms. The molecule has 0 fully saturated rings. The first-order chi connectivity index (χ1) is 8.25. The minimum atomic E-state index is 0.0795. The Morgan fingerprint density at radius 1 is 1.12 bits per heavy atom. The fourth-order valence-corrected chi connectivity index (χ4v) is 1.65. The molecule has 1 heteroatoms. The van der Waals surface area contributed by atoms with Crippen LogP contribution in [0.4, 0.5) is 0 Å². The van der Waals surface area contributed by atoms with E-state index >= 15 is 0 Å². The van der Waals surface area contributed by atoms with Crippen molar-refractivity contribution in [3.05, 3.63) is 71.3 Å². The van der Waals surface area contributed by atoms with Crippen molar-refractivity contribution < 1.29 is 4.74 Å². The minimum Gasteiger partial charge on any atom is -0.369 e. The number of aryl methyl sites for hydroxylation is 1. The maximum atomic E-state index is 5.82. The second-order valence-corrected chi connectivity index (χ2v) is 4.26. The van der Waals surface area contributed by atoms with Crippen LogP contribution >= 0.6 is 0 Å². The molecule has 2 aromatic carbocycles. The predicted molar refractivity (Wildman–Crippen MR) is 69.7 cm³/mol. The zero-order chi connectivity index (χ0) is 12.1. The van der Waals surface area contributed by atoms with Gasteiger partial charge in [0.1, 0.15) is 0 Å². The lowest BCUT2D eigenvalue weighted by molar-refractivity contribution is 0.0524. The van der Waals surface area contributed by atoms with Crippen LogP contribution in [0.15, 0.2) is 48.5 Å². The highest BCUT2D eigenvalue weighted by atomic mass is 16.5. The molecule has 1 radical (unpaired) electrons. The SMILES string of the molecule is Cc1c[c]c([C@@H](C)OCc2ccccc2)cc1. The predicted octanol–water partition coefficient (Wildman–Crippen LogP) is 4.07. The third kappa shape index (κ3) is 3.43. The summed E-state index contributed by atoms with van der Waals surface area (Å²) < 4.78 is 5.82. The van der Waals surface area contributed by atoms with E-state index in [4.69, 9.17) is 4.74 Å². The van der Waals surface area contributed by atoms with Crippen molar-refractivity contribution in [2.24, 2.45) is 0 Å². The standard InChI is InChI=1S/C16H17O/c1-13-8-10-16(11-9-13)14(2)17-12-15-6-4-3-5-7-15/h3-10,14H,12H2,1-2H3/t14-/m1/s1.